The lowest BCUT2D eigenvalue weighted by atomic mass is 10.3. The Labute approximate surface area is 112 Å². The Kier molecular flexibility index (Phi) is 3.74. The highest BCUT2D eigenvalue weighted by Gasteiger charge is 2.37. The Balaban J connectivity index is 2.25. The van der Waals surface area contributed by atoms with E-state index in [2.05, 4.69) is 0 Å². The minimum absolute atomic E-state index is 0.0176. The molecular weight excluding hydrogens is 292 g/mol. The van der Waals surface area contributed by atoms with Crippen molar-refractivity contribution in [3.05, 3.63) is 17.9 Å². The van der Waals surface area contributed by atoms with Crippen molar-refractivity contribution in [3.63, 3.8) is 0 Å². The molecule has 1 saturated heterocycles. The van der Waals surface area contributed by atoms with Gasteiger partial charge in [0.2, 0.25) is 5.09 Å². The van der Waals surface area contributed by atoms with E-state index in [1.54, 1.807) is 0 Å². The lowest BCUT2D eigenvalue weighted by molar-refractivity contribution is 0.358. The summed E-state index contributed by atoms with van der Waals surface area (Å²) in [6.45, 7) is 0.108. The number of hydrogen-bond acceptors (Lipinski definition) is 6. The van der Waals surface area contributed by atoms with Crippen molar-refractivity contribution in [2.24, 2.45) is 5.73 Å². The third kappa shape index (κ3) is 2.83. The number of sulfonamides is 1. The molecule has 7 nitrogen and oxygen atoms in total. The van der Waals surface area contributed by atoms with Gasteiger partial charge in [-0.25, -0.2) is 16.8 Å². The van der Waals surface area contributed by atoms with Crippen LogP contribution in [0.2, 0.25) is 0 Å². The first-order valence-electron chi connectivity index (χ1n) is 5.73. The lowest BCUT2D eigenvalue weighted by Crippen LogP contribution is -2.37. The molecule has 2 rings (SSSR count). The molecule has 1 aromatic heterocycles. The zero-order valence-electron chi connectivity index (χ0n) is 10.4. The molecule has 108 valence electrons. The normalized spacial score (nSPS) is 23.0. The van der Waals surface area contributed by atoms with Gasteiger partial charge in [-0.1, -0.05) is 0 Å². The van der Waals surface area contributed by atoms with Crippen molar-refractivity contribution in [2.45, 2.75) is 24.1 Å². The lowest BCUT2D eigenvalue weighted by Gasteiger charge is -2.21. The van der Waals surface area contributed by atoms with Crippen LogP contribution in [-0.4, -0.2) is 45.7 Å². The number of furan rings is 1. The van der Waals surface area contributed by atoms with Crippen LogP contribution in [0.5, 0.6) is 0 Å². The van der Waals surface area contributed by atoms with Crippen LogP contribution in [0.3, 0.4) is 0 Å². The van der Waals surface area contributed by atoms with Gasteiger partial charge in [0.25, 0.3) is 10.0 Å². The van der Waals surface area contributed by atoms with Gasteiger partial charge in [-0.3, -0.25) is 0 Å². The van der Waals surface area contributed by atoms with E-state index < -0.39 is 25.9 Å². The molecule has 0 aromatic carbocycles. The molecule has 9 heteroatoms. The Morgan fingerprint density at radius 1 is 1.47 bits per heavy atom. The van der Waals surface area contributed by atoms with E-state index >= 15 is 0 Å². The average Bonchev–Trinajstić information content (AvgIpc) is 2.94. The summed E-state index contributed by atoms with van der Waals surface area (Å²) in [4.78, 5) is 0. The van der Waals surface area contributed by atoms with E-state index in [4.69, 9.17) is 10.2 Å². The van der Waals surface area contributed by atoms with E-state index in [-0.39, 0.29) is 23.1 Å². The molecule has 1 aliphatic rings. The van der Waals surface area contributed by atoms with Crippen molar-refractivity contribution in [3.8, 4) is 0 Å². The maximum atomic E-state index is 12.3. The molecule has 0 saturated carbocycles. The first-order chi connectivity index (χ1) is 8.76. The second kappa shape index (κ2) is 4.89. The third-order valence-corrected chi connectivity index (χ3v) is 6.73. The summed E-state index contributed by atoms with van der Waals surface area (Å²) in [5.74, 6) is 0.239. The van der Waals surface area contributed by atoms with Crippen molar-refractivity contribution < 1.29 is 21.3 Å². The van der Waals surface area contributed by atoms with E-state index in [0.29, 0.717) is 12.2 Å². The summed E-state index contributed by atoms with van der Waals surface area (Å²) in [5, 5.41) is -0.209. The fourth-order valence-corrected chi connectivity index (χ4v) is 5.18. The summed E-state index contributed by atoms with van der Waals surface area (Å²) in [6.07, 6.45) is 0.308. The van der Waals surface area contributed by atoms with E-state index in [1.807, 2.05) is 0 Å². The average molecular weight is 308 g/mol. The van der Waals surface area contributed by atoms with Crippen LogP contribution >= 0.6 is 0 Å². The number of nitrogens with two attached hydrogens (primary N) is 1. The molecule has 0 spiro atoms. The van der Waals surface area contributed by atoms with Gasteiger partial charge in [0.1, 0.15) is 5.76 Å². The first kappa shape index (κ1) is 14.5. The Bertz CT molecular complexity index is 662. The molecule has 1 aliphatic heterocycles. The smallest absolute Gasteiger partial charge is 0.276 e. The molecule has 1 aromatic rings. The molecule has 2 heterocycles. The van der Waals surface area contributed by atoms with Gasteiger partial charge >= 0.3 is 0 Å². The van der Waals surface area contributed by atoms with E-state index in [0.717, 1.165) is 4.31 Å². The number of rotatable bonds is 4. The van der Waals surface area contributed by atoms with Crippen molar-refractivity contribution in [1.82, 2.24) is 4.31 Å². The van der Waals surface area contributed by atoms with Gasteiger partial charge in [-0.05, 0) is 18.6 Å². The molecule has 0 amide bonds. The molecule has 2 N–H and O–H groups in total. The molecule has 19 heavy (non-hydrogen) atoms. The van der Waals surface area contributed by atoms with Crippen LogP contribution in [0.4, 0.5) is 0 Å². The van der Waals surface area contributed by atoms with Gasteiger partial charge in [-0.15, -0.1) is 0 Å². The highest BCUT2D eigenvalue weighted by molar-refractivity contribution is 7.92. The van der Waals surface area contributed by atoms with Crippen molar-refractivity contribution in [1.29, 1.82) is 0 Å². The topological polar surface area (TPSA) is 111 Å². The Morgan fingerprint density at radius 3 is 2.63 bits per heavy atom. The fourth-order valence-electron chi connectivity index (χ4n) is 2.01. The predicted octanol–water partition coefficient (Wildman–Crippen LogP) is -0.454. The fraction of sp³-hybridized carbons (Fsp3) is 0.600. The zero-order valence-corrected chi connectivity index (χ0v) is 12.1. The number of hydrogen-bond donors (Lipinski definition) is 1. The molecule has 0 aliphatic carbocycles. The highest BCUT2D eigenvalue weighted by atomic mass is 32.2. The second-order valence-corrected chi connectivity index (χ2v) is 8.66. The predicted molar refractivity (Wildman–Crippen MR) is 68.6 cm³/mol. The van der Waals surface area contributed by atoms with Crippen LogP contribution < -0.4 is 5.73 Å². The minimum Gasteiger partial charge on any atom is -0.447 e. The summed E-state index contributed by atoms with van der Waals surface area (Å²) in [7, 11) is -5.59. The first-order valence-corrected chi connectivity index (χ1v) is 8.99. The van der Waals surface area contributed by atoms with Gasteiger partial charge in [-0.2, -0.15) is 4.31 Å². The molecule has 0 radical (unpaired) electrons. The molecule has 1 fully saturated rings. The van der Waals surface area contributed by atoms with Crippen LogP contribution in [0.25, 0.3) is 0 Å². The van der Waals surface area contributed by atoms with Crippen molar-refractivity contribution >= 4 is 19.9 Å². The summed E-state index contributed by atoms with van der Waals surface area (Å²) in [5.41, 5.74) is 5.36. The Morgan fingerprint density at radius 2 is 2.16 bits per heavy atom. The van der Waals surface area contributed by atoms with Gasteiger partial charge in [0, 0.05) is 13.1 Å². The zero-order chi connectivity index (χ0) is 14.3. The summed E-state index contributed by atoms with van der Waals surface area (Å²) < 4.78 is 53.5. The summed E-state index contributed by atoms with van der Waals surface area (Å²) >= 11 is 0. The largest absolute Gasteiger partial charge is 0.447 e. The van der Waals surface area contributed by atoms with E-state index in [1.165, 1.54) is 19.2 Å². The maximum absolute atomic E-state index is 12.3. The van der Waals surface area contributed by atoms with Crippen LogP contribution in [-0.2, 0) is 26.4 Å². The van der Waals surface area contributed by atoms with Gasteiger partial charge in [0.15, 0.2) is 9.84 Å². The quantitative estimate of drug-likeness (QED) is 0.806. The molecular formula is C10H16N2O5S2. The maximum Gasteiger partial charge on any atom is 0.276 e. The number of sulfone groups is 1. The third-order valence-electron chi connectivity index (χ3n) is 3.19. The van der Waals surface area contributed by atoms with Gasteiger partial charge < -0.3 is 10.2 Å². The SMILES string of the molecule is CN(C1CCS(=O)(=O)C1)S(=O)(=O)c1ccc(CN)o1. The van der Waals surface area contributed by atoms with Gasteiger partial charge in [0.05, 0.1) is 18.1 Å². The van der Waals surface area contributed by atoms with Crippen LogP contribution in [0.15, 0.2) is 21.6 Å². The number of nitrogens with zero attached hydrogens (tertiary/aromatic N) is 1. The van der Waals surface area contributed by atoms with Crippen LogP contribution in [0, 0.1) is 0 Å². The molecule has 0 bridgehead atoms. The van der Waals surface area contributed by atoms with E-state index in [9.17, 15) is 16.8 Å². The van der Waals surface area contributed by atoms with Crippen molar-refractivity contribution in [2.75, 3.05) is 18.6 Å². The highest BCUT2D eigenvalue weighted by Crippen LogP contribution is 2.24. The van der Waals surface area contributed by atoms with Crippen LogP contribution in [0.1, 0.15) is 12.2 Å². The Hall–Kier alpha value is -0.900. The summed E-state index contributed by atoms with van der Waals surface area (Å²) in [6, 6.07) is 2.28. The molecule has 1 unspecified atom stereocenters. The molecule has 1 atom stereocenters. The minimum atomic E-state index is -3.82. The monoisotopic (exact) mass is 308 g/mol. The standard InChI is InChI=1S/C10H16N2O5S2/c1-12(8-4-5-18(13,14)7-8)19(15,16)10-3-2-9(6-11)17-10/h2-3,8H,4-7,11H2,1H3. The second-order valence-electron chi connectivity index (χ2n) is 4.50.